The molecule has 0 aromatic carbocycles. The fraction of sp³-hybridized carbons (Fsp3) is 0.944. The molecule has 0 radical (unpaired) electrons. The van der Waals surface area contributed by atoms with Gasteiger partial charge in [0, 0.05) is 25.3 Å². The van der Waals surface area contributed by atoms with Crippen molar-refractivity contribution in [3.63, 3.8) is 0 Å². The Morgan fingerprint density at radius 1 is 0.958 bits per heavy atom. The van der Waals surface area contributed by atoms with Gasteiger partial charge in [-0.3, -0.25) is 9.69 Å². The van der Waals surface area contributed by atoms with E-state index in [1.165, 1.54) is 64.5 Å². The van der Waals surface area contributed by atoms with E-state index < -0.39 is 5.54 Å². The zero-order valence-corrected chi connectivity index (χ0v) is 15.7. The Labute approximate surface area is 152 Å². The molecule has 0 unspecified atom stereocenters. The summed E-state index contributed by atoms with van der Waals surface area (Å²) in [6.45, 7) is 4.35. The number of halogens is 1. The number of hydrogen-bond donors (Lipinski definition) is 2. The van der Waals surface area contributed by atoms with Crippen LogP contribution in [0.5, 0.6) is 0 Å². The molecule has 0 atom stereocenters. The fourth-order valence-electron chi connectivity index (χ4n) is 4.57. The average Bonchev–Trinajstić information content (AvgIpc) is 2.62. The van der Waals surface area contributed by atoms with E-state index in [0.717, 1.165) is 6.54 Å². The Hall–Kier alpha value is -0.360. The van der Waals surface area contributed by atoms with E-state index in [-0.39, 0.29) is 23.9 Å². The van der Waals surface area contributed by atoms with E-state index in [9.17, 15) is 4.79 Å². The van der Waals surface area contributed by atoms with Gasteiger partial charge in [-0.1, -0.05) is 25.7 Å². The first-order chi connectivity index (χ1) is 11.1. The third-order valence-corrected chi connectivity index (χ3v) is 6.23. The zero-order chi connectivity index (χ0) is 16.2. The Bertz CT molecular complexity index is 401. The van der Waals surface area contributed by atoms with Crippen molar-refractivity contribution in [1.29, 1.82) is 0 Å². The first-order valence-electron chi connectivity index (χ1n) is 9.55. The molecule has 3 N–H and O–H groups in total. The summed E-state index contributed by atoms with van der Waals surface area (Å²) in [5.41, 5.74) is 5.78. The van der Waals surface area contributed by atoms with Crippen molar-refractivity contribution in [2.24, 2.45) is 5.73 Å². The molecule has 6 heteroatoms. The lowest BCUT2D eigenvalue weighted by molar-refractivity contribution is -0.130. The van der Waals surface area contributed by atoms with E-state index in [4.69, 9.17) is 10.5 Å². The zero-order valence-electron chi connectivity index (χ0n) is 14.9. The Kier molecular flexibility index (Phi) is 7.35. The summed E-state index contributed by atoms with van der Waals surface area (Å²) in [7, 11) is 0. The lowest BCUT2D eigenvalue weighted by Crippen LogP contribution is -2.62. The van der Waals surface area contributed by atoms with Crippen molar-refractivity contribution in [1.82, 2.24) is 10.2 Å². The molecule has 3 fully saturated rings. The van der Waals surface area contributed by atoms with Crippen molar-refractivity contribution in [3.05, 3.63) is 0 Å². The number of nitrogens with two attached hydrogens (primary N) is 1. The molecule has 0 aromatic heterocycles. The highest BCUT2D eigenvalue weighted by atomic mass is 35.5. The second kappa shape index (κ2) is 8.84. The van der Waals surface area contributed by atoms with Crippen LogP contribution >= 0.6 is 12.4 Å². The molecular weight excluding hydrogens is 326 g/mol. The fourth-order valence-corrected chi connectivity index (χ4v) is 4.57. The number of hydrogen-bond acceptors (Lipinski definition) is 4. The normalized spacial score (nSPS) is 27.0. The van der Waals surface area contributed by atoms with Crippen molar-refractivity contribution in [2.75, 3.05) is 32.8 Å². The summed E-state index contributed by atoms with van der Waals surface area (Å²) in [6, 6.07) is 0. The standard InChI is InChI=1S/C18H33N3O2.ClH/c19-18(9-13-23-14-10-18)16(22)20-15-17(7-3-1-4-8-17)21-11-5-2-6-12-21;/h1-15,19H2,(H,20,22);1H. The molecule has 140 valence electrons. The van der Waals surface area contributed by atoms with E-state index in [0.29, 0.717) is 26.1 Å². The monoisotopic (exact) mass is 359 g/mol. The van der Waals surface area contributed by atoms with Crippen LogP contribution in [0.4, 0.5) is 0 Å². The van der Waals surface area contributed by atoms with Crippen LogP contribution in [0.2, 0.25) is 0 Å². The Morgan fingerprint density at radius 3 is 2.17 bits per heavy atom. The number of likely N-dealkylation sites (tertiary alicyclic amines) is 1. The van der Waals surface area contributed by atoms with Gasteiger partial charge in [0.25, 0.3) is 0 Å². The van der Waals surface area contributed by atoms with Crippen molar-refractivity contribution in [2.45, 2.75) is 75.3 Å². The summed E-state index contributed by atoms with van der Waals surface area (Å²) in [6.07, 6.45) is 11.6. The van der Waals surface area contributed by atoms with Gasteiger partial charge in [-0.2, -0.15) is 0 Å². The molecule has 0 bridgehead atoms. The van der Waals surface area contributed by atoms with Gasteiger partial charge in [0.2, 0.25) is 5.91 Å². The second-order valence-electron chi connectivity index (χ2n) is 7.78. The van der Waals surface area contributed by atoms with Crippen LogP contribution in [-0.2, 0) is 9.53 Å². The highest BCUT2D eigenvalue weighted by molar-refractivity contribution is 5.86. The molecule has 0 spiro atoms. The number of amides is 1. The maximum Gasteiger partial charge on any atom is 0.240 e. The van der Waals surface area contributed by atoms with Crippen molar-refractivity contribution >= 4 is 18.3 Å². The lowest BCUT2D eigenvalue weighted by Gasteiger charge is -2.48. The molecule has 5 nitrogen and oxygen atoms in total. The predicted molar refractivity (Wildman–Crippen MR) is 98.5 cm³/mol. The van der Waals surface area contributed by atoms with Crippen LogP contribution in [-0.4, -0.2) is 54.7 Å². The molecule has 3 rings (SSSR count). The number of ether oxygens (including phenoxy) is 1. The van der Waals surface area contributed by atoms with E-state index >= 15 is 0 Å². The topological polar surface area (TPSA) is 67.6 Å². The summed E-state index contributed by atoms with van der Waals surface area (Å²) in [5.74, 6) is 0.0303. The number of rotatable bonds is 4. The molecule has 3 aliphatic rings. The van der Waals surface area contributed by atoms with Crippen LogP contribution in [0.25, 0.3) is 0 Å². The molecular formula is C18H34ClN3O2. The van der Waals surface area contributed by atoms with E-state index in [1.807, 2.05) is 0 Å². The quantitative estimate of drug-likeness (QED) is 0.807. The Balaban J connectivity index is 0.00000208. The largest absolute Gasteiger partial charge is 0.381 e. The van der Waals surface area contributed by atoms with Crippen LogP contribution < -0.4 is 11.1 Å². The molecule has 1 saturated carbocycles. The van der Waals surface area contributed by atoms with Gasteiger partial charge in [-0.25, -0.2) is 0 Å². The number of piperidine rings is 1. The number of nitrogens with zero attached hydrogens (tertiary/aromatic N) is 1. The smallest absolute Gasteiger partial charge is 0.240 e. The molecule has 1 aliphatic carbocycles. The Morgan fingerprint density at radius 2 is 1.54 bits per heavy atom. The van der Waals surface area contributed by atoms with Gasteiger partial charge in [0.1, 0.15) is 0 Å². The third kappa shape index (κ3) is 4.43. The van der Waals surface area contributed by atoms with Crippen molar-refractivity contribution in [3.8, 4) is 0 Å². The lowest BCUT2D eigenvalue weighted by atomic mass is 9.78. The number of carbonyl (C=O) groups excluding carboxylic acids is 1. The van der Waals surface area contributed by atoms with Crippen LogP contribution in [0.3, 0.4) is 0 Å². The number of carbonyl (C=O) groups is 1. The van der Waals surface area contributed by atoms with Gasteiger partial charge < -0.3 is 15.8 Å². The first-order valence-corrected chi connectivity index (χ1v) is 9.55. The summed E-state index contributed by atoms with van der Waals surface area (Å²) >= 11 is 0. The van der Waals surface area contributed by atoms with Crippen molar-refractivity contribution < 1.29 is 9.53 Å². The minimum atomic E-state index is -0.726. The first kappa shape index (κ1) is 20.0. The van der Waals surface area contributed by atoms with E-state index in [1.54, 1.807) is 0 Å². The maximum absolute atomic E-state index is 12.7. The van der Waals surface area contributed by atoms with Crippen LogP contribution in [0.15, 0.2) is 0 Å². The third-order valence-electron chi connectivity index (χ3n) is 6.23. The minimum Gasteiger partial charge on any atom is -0.381 e. The highest BCUT2D eigenvalue weighted by Crippen LogP contribution is 2.35. The molecule has 24 heavy (non-hydrogen) atoms. The SMILES string of the molecule is Cl.NC1(C(=O)NCC2(N3CCCCC3)CCCCC2)CCOCC1. The van der Waals surface area contributed by atoms with Crippen LogP contribution in [0, 0.1) is 0 Å². The molecule has 1 amide bonds. The summed E-state index contributed by atoms with van der Waals surface area (Å²) < 4.78 is 5.36. The van der Waals surface area contributed by atoms with Gasteiger partial charge in [-0.15, -0.1) is 12.4 Å². The molecule has 0 aromatic rings. The van der Waals surface area contributed by atoms with Gasteiger partial charge in [-0.05, 0) is 51.6 Å². The molecule has 2 aliphatic heterocycles. The van der Waals surface area contributed by atoms with Gasteiger partial charge >= 0.3 is 0 Å². The second-order valence-corrected chi connectivity index (χ2v) is 7.78. The van der Waals surface area contributed by atoms with Crippen LogP contribution in [0.1, 0.15) is 64.2 Å². The average molecular weight is 360 g/mol. The molecule has 2 saturated heterocycles. The predicted octanol–water partition coefficient (Wildman–Crippen LogP) is 2.22. The summed E-state index contributed by atoms with van der Waals surface area (Å²) in [4.78, 5) is 15.3. The van der Waals surface area contributed by atoms with Gasteiger partial charge in [0.05, 0.1) is 5.54 Å². The minimum absolute atomic E-state index is 0. The molecule has 2 heterocycles. The summed E-state index contributed by atoms with van der Waals surface area (Å²) in [5, 5.41) is 3.24. The maximum atomic E-state index is 12.7. The number of nitrogens with one attached hydrogen (secondary N) is 1. The van der Waals surface area contributed by atoms with E-state index in [2.05, 4.69) is 10.2 Å². The highest BCUT2D eigenvalue weighted by Gasteiger charge is 2.41. The van der Waals surface area contributed by atoms with Gasteiger partial charge in [0.15, 0.2) is 0 Å².